The molecule has 0 N–H and O–H groups in total. The molecule has 0 aliphatic rings. The highest BCUT2D eigenvalue weighted by atomic mass is 32.1. The Balaban J connectivity index is 1.71. The van der Waals surface area contributed by atoms with Crippen LogP contribution in [0.5, 0.6) is 0 Å². The van der Waals surface area contributed by atoms with Gasteiger partial charge in [-0.15, -0.1) is 11.3 Å². The molecule has 0 fully saturated rings. The third kappa shape index (κ3) is 2.57. The van der Waals surface area contributed by atoms with E-state index in [0.717, 1.165) is 5.69 Å². The molecule has 6 rings (SSSR count). The standard InChI is InChI=1S/C28H21NS/c1-17(2)24-15-19(16-25-22-9-5-6-10-26(22)30-28(24)25)27-23-12-11-18-7-3-4-8-20(18)21(23)13-14-29-27/h3-17H,1-2H3. The highest BCUT2D eigenvalue weighted by Gasteiger charge is 2.16. The van der Waals surface area contributed by atoms with Crippen LogP contribution in [0.4, 0.5) is 0 Å². The molecule has 2 heteroatoms. The second kappa shape index (κ2) is 6.65. The number of thiophene rings is 1. The molecule has 1 nitrogen and oxygen atoms in total. The molecule has 0 atom stereocenters. The summed E-state index contributed by atoms with van der Waals surface area (Å²) < 4.78 is 2.75. The van der Waals surface area contributed by atoms with Crippen molar-refractivity contribution in [1.82, 2.24) is 4.98 Å². The van der Waals surface area contributed by atoms with Crippen molar-refractivity contribution < 1.29 is 0 Å². The third-order valence-electron chi connectivity index (χ3n) is 6.07. The van der Waals surface area contributed by atoms with Crippen molar-refractivity contribution in [2.24, 2.45) is 0 Å². The first-order valence-electron chi connectivity index (χ1n) is 10.4. The molecule has 2 heterocycles. The summed E-state index contributed by atoms with van der Waals surface area (Å²) in [5, 5.41) is 7.71. The van der Waals surface area contributed by atoms with E-state index < -0.39 is 0 Å². The fourth-order valence-corrected chi connectivity index (χ4v) is 5.93. The van der Waals surface area contributed by atoms with Gasteiger partial charge in [0.2, 0.25) is 0 Å². The highest BCUT2D eigenvalue weighted by molar-refractivity contribution is 7.26. The monoisotopic (exact) mass is 403 g/mol. The molecule has 0 aliphatic carbocycles. The lowest BCUT2D eigenvalue weighted by molar-refractivity contribution is 0.878. The predicted octanol–water partition coefficient (Wildman–Crippen LogP) is 8.55. The van der Waals surface area contributed by atoms with Crippen LogP contribution in [-0.2, 0) is 0 Å². The maximum atomic E-state index is 4.86. The number of aromatic nitrogens is 1. The fraction of sp³-hybridized carbons (Fsp3) is 0.107. The average molecular weight is 404 g/mol. The summed E-state index contributed by atoms with van der Waals surface area (Å²) in [6, 6.07) is 28.6. The van der Waals surface area contributed by atoms with Gasteiger partial charge >= 0.3 is 0 Å². The van der Waals surface area contributed by atoms with Crippen LogP contribution in [0.25, 0.3) is 53.0 Å². The summed E-state index contributed by atoms with van der Waals surface area (Å²) in [6.45, 7) is 4.57. The van der Waals surface area contributed by atoms with E-state index >= 15 is 0 Å². The Morgan fingerprint density at radius 2 is 1.50 bits per heavy atom. The van der Waals surface area contributed by atoms with Crippen molar-refractivity contribution in [3.8, 4) is 11.3 Å². The summed E-state index contributed by atoms with van der Waals surface area (Å²) in [6.07, 6.45) is 1.95. The van der Waals surface area contributed by atoms with Gasteiger partial charge in [0.05, 0.1) is 5.69 Å². The fourth-order valence-electron chi connectivity index (χ4n) is 4.59. The van der Waals surface area contributed by atoms with Gasteiger partial charge in [0.15, 0.2) is 0 Å². The van der Waals surface area contributed by atoms with Crippen molar-refractivity contribution in [1.29, 1.82) is 0 Å². The molecule has 0 saturated carbocycles. The molecule has 0 spiro atoms. The molecule has 0 aliphatic heterocycles. The average Bonchev–Trinajstić information content (AvgIpc) is 3.16. The number of pyridine rings is 1. The van der Waals surface area contributed by atoms with Gasteiger partial charge in [-0.05, 0) is 51.9 Å². The minimum absolute atomic E-state index is 0.455. The van der Waals surface area contributed by atoms with Crippen molar-refractivity contribution >= 4 is 53.1 Å². The maximum Gasteiger partial charge on any atom is 0.0780 e. The van der Waals surface area contributed by atoms with Crippen molar-refractivity contribution in [2.75, 3.05) is 0 Å². The van der Waals surface area contributed by atoms with Gasteiger partial charge in [-0.2, -0.15) is 0 Å². The van der Waals surface area contributed by atoms with E-state index in [9.17, 15) is 0 Å². The Labute approximate surface area is 179 Å². The lowest BCUT2D eigenvalue weighted by atomic mass is 9.94. The van der Waals surface area contributed by atoms with Crippen LogP contribution in [0.15, 0.2) is 85.1 Å². The van der Waals surface area contributed by atoms with Crippen LogP contribution in [0.1, 0.15) is 25.3 Å². The van der Waals surface area contributed by atoms with E-state index in [2.05, 4.69) is 92.7 Å². The van der Waals surface area contributed by atoms with Gasteiger partial charge in [-0.1, -0.05) is 68.4 Å². The van der Waals surface area contributed by atoms with E-state index in [0.29, 0.717) is 5.92 Å². The molecule has 0 bridgehead atoms. The number of hydrogen-bond acceptors (Lipinski definition) is 2. The molecular weight excluding hydrogens is 382 g/mol. The number of nitrogens with zero attached hydrogens (tertiary/aromatic N) is 1. The molecule has 6 aromatic rings. The van der Waals surface area contributed by atoms with Crippen LogP contribution >= 0.6 is 11.3 Å². The number of fused-ring (bicyclic) bond motifs is 6. The van der Waals surface area contributed by atoms with E-state index in [-0.39, 0.29) is 0 Å². The molecule has 0 saturated heterocycles. The van der Waals surface area contributed by atoms with Gasteiger partial charge in [-0.3, -0.25) is 4.98 Å². The lowest BCUT2D eigenvalue weighted by Crippen LogP contribution is -1.92. The van der Waals surface area contributed by atoms with E-state index in [1.54, 1.807) is 0 Å². The molecule has 0 unspecified atom stereocenters. The smallest absolute Gasteiger partial charge is 0.0780 e. The molecule has 0 radical (unpaired) electrons. The Morgan fingerprint density at radius 1 is 0.700 bits per heavy atom. The van der Waals surface area contributed by atoms with Crippen LogP contribution in [0.2, 0.25) is 0 Å². The molecular formula is C28H21NS. The first-order valence-corrected chi connectivity index (χ1v) is 11.2. The van der Waals surface area contributed by atoms with Gasteiger partial charge in [0.25, 0.3) is 0 Å². The summed E-state index contributed by atoms with van der Waals surface area (Å²) >= 11 is 1.91. The Bertz CT molecular complexity index is 1570. The van der Waals surface area contributed by atoms with Crippen molar-refractivity contribution in [2.45, 2.75) is 19.8 Å². The van der Waals surface area contributed by atoms with E-state index in [4.69, 9.17) is 4.98 Å². The minimum Gasteiger partial charge on any atom is -0.256 e. The molecule has 4 aromatic carbocycles. The first kappa shape index (κ1) is 17.6. The topological polar surface area (TPSA) is 12.9 Å². The predicted molar refractivity (Wildman–Crippen MR) is 132 cm³/mol. The summed E-state index contributed by atoms with van der Waals surface area (Å²) in [5.41, 5.74) is 3.68. The number of hydrogen-bond donors (Lipinski definition) is 0. The third-order valence-corrected chi connectivity index (χ3v) is 7.31. The van der Waals surface area contributed by atoms with Gasteiger partial charge in [-0.25, -0.2) is 0 Å². The molecule has 30 heavy (non-hydrogen) atoms. The van der Waals surface area contributed by atoms with Crippen LogP contribution in [-0.4, -0.2) is 4.98 Å². The molecule has 2 aromatic heterocycles. The van der Waals surface area contributed by atoms with E-state index in [1.165, 1.54) is 52.8 Å². The van der Waals surface area contributed by atoms with Crippen molar-refractivity contribution in [3.63, 3.8) is 0 Å². The summed E-state index contributed by atoms with van der Waals surface area (Å²) in [5.74, 6) is 0.455. The second-order valence-corrected chi connectivity index (χ2v) is 9.29. The maximum absolute atomic E-state index is 4.86. The number of benzene rings is 4. The van der Waals surface area contributed by atoms with Gasteiger partial charge in [0.1, 0.15) is 0 Å². The summed E-state index contributed by atoms with van der Waals surface area (Å²) in [7, 11) is 0. The van der Waals surface area contributed by atoms with Crippen LogP contribution < -0.4 is 0 Å². The first-order chi connectivity index (χ1) is 14.7. The van der Waals surface area contributed by atoms with Gasteiger partial charge in [0, 0.05) is 37.3 Å². The van der Waals surface area contributed by atoms with Crippen LogP contribution in [0.3, 0.4) is 0 Å². The Kier molecular flexibility index (Phi) is 3.90. The highest BCUT2D eigenvalue weighted by Crippen LogP contribution is 2.42. The quantitative estimate of drug-likeness (QED) is 0.264. The zero-order valence-electron chi connectivity index (χ0n) is 17.0. The van der Waals surface area contributed by atoms with E-state index in [1.807, 2.05) is 17.5 Å². The molecule has 144 valence electrons. The zero-order valence-corrected chi connectivity index (χ0v) is 17.8. The van der Waals surface area contributed by atoms with Crippen LogP contribution in [0, 0.1) is 0 Å². The number of rotatable bonds is 2. The normalized spacial score (nSPS) is 12.0. The SMILES string of the molecule is CC(C)c1cc(-c2nccc3c2ccc2ccccc23)cc2c1sc1ccccc12. The molecule has 0 amide bonds. The summed E-state index contributed by atoms with van der Waals surface area (Å²) in [4.78, 5) is 4.86. The lowest BCUT2D eigenvalue weighted by Gasteiger charge is -2.13. The largest absolute Gasteiger partial charge is 0.256 e. The Morgan fingerprint density at radius 3 is 2.37 bits per heavy atom. The second-order valence-electron chi connectivity index (χ2n) is 8.24. The van der Waals surface area contributed by atoms with Crippen molar-refractivity contribution in [3.05, 3.63) is 90.6 Å². The minimum atomic E-state index is 0.455. The zero-order chi connectivity index (χ0) is 20.2. The Hall–Kier alpha value is -3.23. The van der Waals surface area contributed by atoms with Gasteiger partial charge < -0.3 is 0 Å².